The van der Waals surface area contributed by atoms with E-state index in [0.29, 0.717) is 18.7 Å². The lowest BCUT2D eigenvalue weighted by Crippen LogP contribution is -2.44. The SMILES string of the molecule is COC(=O)NS(=O)(=O)N(CCCN)c1cccc(C)c1. The van der Waals surface area contributed by atoms with Crippen LogP contribution in [0.4, 0.5) is 10.5 Å². The second-order valence-corrected chi connectivity index (χ2v) is 5.75. The van der Waals surface area contributed by atoms with Gasteiger partial charge in [-0.05, 0) is 37.6 Å². The minimum atomic E-state index is -4.02. The largest absolute Gasteiger partial charge is 0.452 e. The van der Waals surface area contributed by atoms with Crippen LogP contribution in [0.3, 0.4) is 0 Å². The van der Waals surface area contributed by atoms with Gasteiger partial charge in [0.25, 0.3) is 0 Å². The van der Waals surface area contributed by atoms with E-state index in [-0.39, 0.29) is 6.54 Å². The highest BCUT2D eigenvalue weighted by molar-refractivity contribution is 7.91. The fraction of sp³-hybridized carbons (Fsp3) is 0.417. The normalized spacial score (nSPS) is 10.9. The van der Waals surface area contributed by atoms with Gasteiger partial charge in [-0.2, -0.15) is 8.42 Å². The first kappa shape index (κ1) is 16.3. The van der Waals surface area contributed by atoms with Gasteiger partial charge in [-0.3, -0.25) is 4.31 Å². The van der Waals surface area contributed by atoms with E-state index in [0.717, 1.165) is 17.0 Å². The molecule has 0 saturated carbocycles. The number of ether oxygens (including phenoxy) is 1. The third-order valence-corrected chi connectivity index (χ3v) is 3.94. The van der Waals surface area contributed by atoms with Crippen molar-refractivity contribution in [1.82, 2.24) is 4.72 Å². The van der Waals surface area contributed by atoms with Crippen molar-refractivity contribution in [2.24, 2.45) is 5.73 Å². The van der Waals surface area contributed by atoms with Gasteiger partial charge in [-0.15, -0.1) is 0 Å². The van der Waals surface area contributed by atoms with Crippen molar-refractivity contribution in [3.8, 4) is 0 Å². The van der Waals surface area contributed by atoms with Crippen LogP contribution in [0.1, 0.15) is 12.0 Å². The summed E-state index contributed by atoms with van der Waals surface area (Å²) in [6, 6.07) is 6.96. The first-order chi connectivity index (χ1) is 9.40. The van der Waals surface area contributed by atoms with Crippen LogP contribution in [0.15, 0.2) is 24.3 Å². The number of amides is 1. The highest BCUT2D eigenvalue weighted by atomic mass is 32.2. The molecule has 20 heavy (non-hydrogen) atoms. The number of carbonyl (C=O) groups excluding carboxylic acids is 1. The molecule has 0 aromatic heterocycles. The average molecular weight is 301 g/mol. The van der Waals surface area contributed by atoms with Gasteiger partial charge >= 0.3 is 16.3 Å². The van der Waals surface area contributed by atoms with Crippen LogP contribution in [0, 0.1) is 6.92 Å². The second kappa shape index (κ2) is 7.11. The van der Waals surface area contributed by atoms with Gasteiger partial charge in [0.05, 0.1) is 12.8 Å². The van der Waals surface area contributed by atoms with Gasteiger partial charge in [0, 0.05) is 6.54 Å². The summed E-state index contributed by atoms with van der Waals surface area (Å²) >= 11 is 0. The van der Waals surface area contributed by atoms with E-state index in [1.165, 1.54) is 0 Å². The van der Waals surface area contributed by atoms with Crippen LogP contribution in [-0.2, 0) is 14.9 Å². The van der Waals surface area contributed by atoms with E-state index in [9.17, 15) is 13.2 Å². The molecule has 0 radical (unpaired) electrons. The Hall–Kier alpha value is -1.80. The molecule has 0 fully saturated rings. The summed E-state index contributed by atoms with van der Waals surface area (Å²) in [4.78, 5) is 11.1. The molecule has 112 valence electrons. The summed E-state index contributed by atoms with van der Waals surface area (Å²) in [7, 11) is -2.92. The Bertz CT molecular complexity index is 560. The summed E-state index contributed by atoms with van der Waals surface area (Å²) in [6.45, 7) is 2.37. The van der Waals surface area contributed by atoms with E-state index < -0.39 is 16.3 Å². The van der Waals surface area contributed by atoms with Gasteiger partial charge in [0.1, 0.15) is 0 Å². The fourth-order valence-electron chi connectivity index (χ4n) is 1.61. The van der Waals surface area contributed by atoms with Gasteiger partial charge < -0.3 is 10.5 Å². The molecule has 1 rings (SSSR count). The molecule has 0 bridgehead atoms. The Kier molecular flexibility index (Phi) is 5.78. The Morgan fingerprint density at radius 1 is 1.45 bits per heavy atom. The van der Waals surface area contributed by atoms with Crippen LogP contribution in [0.25, 0.3) is 0 Å². The van der Waals surface area contributed by atoms with E-state index in [2.05, 4.69) is 4.74 Å². The molecule has 0 saturated heterocycles. The van der Waals surface area contributed by atoms with E-state index in [1.54, 1.807) is 18.2 Å². The van der Waals surface area contributed by atoms with Crippen molar-refractivity contribution in [2.75, 3.05) is 24.5 Å². The van der Waals surface area contributed by atoms with Crippen molar-refractivity contribution < 1.29 is 17.9 Å². The summed E-state index contributed by atoms with van der Waals surface area (Å²) in [6.07, 6.45) is -0.564. The number of hydrogen-bond acceptors (Lipinski definition) is 5. The lowest BCUT2D eigenvalue weighted by molar-refractivity contribution is 0.177. The lowest BCUT2D eigenvalue weighted by Gasteiger charge is -2.24. The standard InChI is InChI=1S/C12H19N3O4S/c1-10-5-3-6-11(9-10)15(8-4-7-13)20(17,18)14-12(16)19-2/h3,5-6,9H,4,7-8,13H2,1-2H3,(H,14,16). The number of carbonyl (C=O) groups is 1. The van der Waals surface area contributed by atoms with Gasteiger partial charge in [0.15, 0.2) is 0 Å². The van der Waals surface area contributed by atoms with Crippen LogP contribution in [0.5, 0.6) is 0 Å². The molecule has 0 atom stereocenters. The quantitative estimate of drug-likeness (QED) is 0.807. The van der Waals surface area contributed by atoms with Crippen molar-refractivity contribution in [2.45, 2.75) is 13.3 Å². The third-order valence-electron chi connectivity index (χ3n) is 2.54. The molecule has 1 amide bonds. The molecular formula is C12H19N3O4S. The molecule has 0 heterocycles. The lowest BCUT2D eigenvalue weighted by atomic mass is 10.2. The summed E-state index contributed by atoms with van der Waals surface area (Å²) in [5.41, 5.74) is 6.80. The zero-order valence-electron chi connectivity index (χ0n) is 11.5. The number of nitrogens with zero attached hydrogens (tertiary/aromatic N) is 1. The van der Waals surface area contributed by atoms with Crippen molar-refractivity contribution in [1.29, 1.82) is 0 Å². The third kappa shape index (κ3) is 4.39. The summed E-state index contributed by atoms with van der Waals surface area (Å²) in [5.74, 6) is 0. The van der Waals surface area contributed by atoms with Crippen molar-refractivity contribution in [3.05, 3.63) is 29.8 Å². The number of anilines is 1. The number of aryl methyl sites for hydroxylation is 1. The van der Waals surface area contributed by atoms with Crippen LogP contribution < -0.4 is 14.8 Å². The second-order valence-electron chi connectivity index (χ2n) is 4.15. The fourth-order valence-corrected chi connectivity index (χ4v) is 2.77. The van der Waals surface area contributed by atoms with Crippen LogP contribution in [-0.4, -0.2) is 34.7 Å². The maximum absolute atomic E-state index is 12.2. The first-order valence-electron chi connectivity index (χ1n) is 6.06. The highest BCUT2D eigenvalue weighted by Gasteiger charge is 2.24. The van der Waals surface area contributed by atoms with E-state index in [1.807, 2.05) is 17.7 Å². The van der Waals surface area contributed by atoms with Crippen molar-refractivity contribution >= 4 is 22.0 Å². The number of benzene rings is 1. The molecular weight excluding hydrogens is 282 g/mol. The monoisotopic (exact) mass is 301 g/mol. The van der Waals surface area contributed by atoms with Crippen molar-refractivity contribution in [3.63, 3.8) is 0 Å². The molecule has 1 aromatic rings. The highest BCUT2D eigenvalue weighted by Crippen LogP contribution is 2.19. The number of hydrogen-bond donors (Lipinski definition) is 2. The molecule has 0 unspecified atom stereocenters. The van der Waals surface area contributed by atoms with Gasteiger partial charge in [-0.1, -0.05) is 12.1 Å². The Morgan fingerprint density at radius 3 is 2.70 bits per heavy atom. The Labute approximate surface area is 118 Å². The predicted octanol–water partition coefficient (Wildman–Crippen LogP) is 0.751. The molecule has 0 aliphatic rings. The maximum atomic E-state index is 12.2. The summed E-state index contributed by atoms with van der Waals surface area (Å²) < 4.78 is 31.6. The van der Waals surface area contributed by atoms with Gasteiger partial charge in [-0.25, -0.2) is 9.52 Å². The Balaban J connectivity index is 3.08. The first-order valence-corrected chi connectivity index (χ1v) is 7.50. The number of nitrogens with one attached hydrogen (secondary N) is 1. The van der Waals surface area contributed by atoms with Crippen LogP contribution >= 0.6 is 0 Å². The Morgan fingerprint density at radius 2 is 2.15 bits per heavy atom. The zero-order chi connectivity index (χ0) is 15.2. The number of methoxy groups -OCH3 is 1. The summed E-state index contributed by atoms with van der Waals surface area (Å²) in [5, 5.41) is 0. The molecule has 0 spiro atoms. The zero-order valence-corrected chi connectivity index (χ0v) is 12.3. The minimum absolute atomic E-state index is 0.173. The molecule has 1 aromatic carbocycles. The average Bonchev–Trinajstić information content (AvgIpc) is 2.38. The van der Waals surface area contributed by atoms with E-state index in [4.69, 9.17) is 5.73 Å². The van der Waals surface area contributed by atoms with Crippen LogP contribution in [0.2, 0.25) is 0 Å². The minimum Gasteiger partial charge on any atom is -0.452 e. The number of rotatable bonds is 6. The van der Waals surface area contributed by atoms with Gasteiger partial charge in [0.2, 0.25) is 0 Å². The maximum Gasteiger partial charge on any atom is 0.422 e. The topological polar surface area (TPSA) is 102 Å². The predicted molar refractivity (Wildman–Crippen MR) is 76.7 cm³/mol. The molecule has 0 aliphatic heterocycles. The molecule has 3 N–H and O–H groups in total. The smallest absolute Gasteiger partial charge is 0.422 e. The molecule has 0 aliphatic carbocycles. The molecule has 8 heteroatoms. The van der Waals surface area contributed by atoms with E-state index >= 15 is 0 Å². The molecule has 7 nitrogen and oxygen atoms in total. The number of nitrogens with two attached hydrogens (primary N) is 1.